The Labute approximate surface area is 137 Å². The average Bonchev–Trinajstić information content (AvgIpc) is 3.37. The van der Waals surface area contributed by atoms with Crippen molar-refractivity contribution in [1.29, 1.82) is 0 Å². The predicted molar refractivity (Wildman–Crippen MR) is 89.7 cm³/mol. The molecule has 2 heterocycles. The molecule has 0 spiro atoms. The minimum atomic E-state index is 0.241. The molecule has 3 aliphatic rings. The second kappa shape index (κ2) is 6.34. The zero-order chi connectivity index (χ0) is 15.8. The van der Waals surface area contributed by atoms with Gasteiger partial charge in [-0.05, 0) is 25.7 Å². The van der Waals surface area contributed by atoms with Crippen molar-refractivity contribution in [2.24, 2.45) is 5.73 Å². The third-order valence-corrected chi connectivity index (χ3v) is 5.40. The normalized spacial score (nSPS) is 28.7. The summed E-state index contributed by atoms with van der Waals surface area (Å²) in [6.07, 6.45) is 4.59. The maximum Gasteiger partial charge on any atom is 0.134 e. The summed E-state index contributed by atoms with van der Waals surface area (Å²) in [5, 5.41) is 9.07. The molecular weight excluding hydrogens is 290 g/mol. The average molecular weight is 317 g/mol. The van der Waals surface area contributed by atoms with Crippen LogP contribution in [-0.2, 0) is 0 Å². The molecule has 4 rings (SSSR count). The summed E-state index contributed by atoms with van der Waals surface area (Å²) in [6.45, 7) is 4.96. The van der Waals surface area contributed by atoms with Gasteiger partial charge in [-0.3, -0.25) is 4.90 Å². The molecule has 0 unspecified atom stereocenters. The lowest BCUT2D eigenvalue weighted by Gasteiger charge is -2.36. The molecule has 126 valence electrons. The van der Waals surface area contributed by atoms with E-state index in [1.165, 1.54) is 18.5 Å². The molecule has 0 atom stereocenters. The Bertz CT molecular complexity index is 548. The van der Waals surface area contributed by atoms with Gasteiger partial charge in [0.2, 0.25) is 0 Å². The fraction of sp³-hybridized carbons (Fsp3) is 0.765. The summed E-state index contributed by atoms with van der Waals surface area (Å²) in [7, 11) is 0. The minimum Gasteiger partial charge on any atom is -0.395 e. The number of β-amino-alcohol motifs (C(OH)–C–C–N with tert-alkyl or cyclic N) is 1. The molecule has 1 aromatic heterocycles. The van der Waals surface area contributed by atoms with Gasteiger partial charge >= 0.3 is 0 Å². The van der Waals surface area contributed by atoms with Crippen LogP contribution in [0.2, 0.25) is 0 Å². The van der Waals surface area contributed by atoms with Crippen LogP contribution in [0.1, 0.15) is 49.0 Å². The van der Waals surface area contributed by atoms with E-state index >= 15 is 0 Å². The largest absolute Gasteiger partial charge is 0.395 e. The quantitative estimate of drug-likeness (QED) is 0.831. The molecule has 3 fully saturated rings. The first-order valence-corrected chi connectivity index (χ1v) is 8.95. The van der Waals surface area contributed by atoms with Crippen LogP contribution in [0.5, 0.6) is 0 Å². The lowest BCUT2D eigenvalue weighted by Crippen LogP contribution is -2.47. The summed E-state index contributed by atoms with van der Waals surface area (Å²) in [6, 6.07) is 2.55. The molecule has 2 aliphatic carbocycles. The Kier molecular flexibility index (Phi) is 4.22. The number of anilines is 1. The Morgan fingerprint density at radius 3 is 2.43 bits per heavy atom. The van der Waals surface area contributed by atoms with Gasteiger partial charge in [-0.2, -0.15) is 0 Å². The highest BCUT2D eigenvalue weighted by Crippen LogP contribution is 2.41. The van der Waals surface area contributed by atoms with E-state index in [9.17, 15) is 0 Å². The monoisotopic (exact) mass is 317 g/mol. The first-order chi connectivity index (χ1) is 11.2. The number of aliphatic hydroxyl groups is 1. The van der Waals surface area contributed by atoms with Crippen LogP contribution < -0.4 is 10.6 Å². The highest BCUT2D eigenvalue weighted by molar-refractivity contribution is 5.42. The van der Waals surface area contributed by atoms with E-state index in [2.05, 4.69) is 15.9 Å². The molecule has 0 radical (unpaired) electrons. The summed E-state index contributed by atoms with van der Waals surface area (Å²) in [4.78, 5) is 14.4. The second-order valence-electron chi connectivity index (χ2n) is 7.26. The first-order valence-electron chi connectivity index (χ1n) is 8.95. The van der Waals surface area contributed by atoms with Crippen molar-refractivity contribution in [1.82, 2.24) is 14.9 Å². The van der Waals surface area contributed by atoms with Crippen molar-refractivity contribution < 1.29 is 5.11 Å². The molecule has 23 heavy (non-hydrogen) atoms. The first kappa shape index (κ1) is 15.3. The Morgan fingerprint density at radius 1 is 1.09 bits per heavy atom. The van der Waals surface area contributed by atoms with E-state index < -0.39 is 0 Å². The van der Waals surface area contributed by atoms with E-state index in [-0.39, 0.29) is 6.61 Å². The van der Waals surface area contributed by atoms with Crippen LogP contribution in [0, 0.1) is 0 Å². The van der Waals surface area contributed by atoms with Gasteiger partial charge in [0.25, 0.3) is 0 Å². The number of nitrogens with two attached hydrogens (primary N) is 1. The van der Waals surface area contributed by atoms with Crippen LogP contribution in [0.3, 0.4) is 0 Å². The molecule has 6 heteroatoms. The van der Waals surface area contributed by atoms with E-state index in [1.54, 1.807) is 0 Å². The molecular formula is C17H27N5O. The molecule has 1 saturated heterocycles. The molecule has 0 bridgehead atoms. The molecule has 1 aromatic rings. The number of piperazine rings is 1. The van der Waals surface area contributed by atoms with Crippen LogP contribution in [-0.4, -0.2) is 65.3 Å². The Morgan fingerprint density at radius 2 is 1.83 bits per heavy atom. The lowest BCUT2D eigenvalue weighted by atomic mass is 9.78. The number of rotatable bonds is 5. The van der Waals surface area contributed by atoms with Gasteiger partial charge in [0.15, 0.2) is 0 Å². The zero-order valence-electron chi connectivity index (χ0n) is 13.7. The van der Waals surface area contributed by atoms with Crippen molar-refractivity contribution in [2.45, 2.75) is 43.6 Å². The zero-order valence-corrected chi connectivity index (χ0v) is 13.7. The third kappa shape index (κ3) is 3.34. The molecule has 2 saturated carbocycles. The maximum absolute atomic E-state index is 9.07. The molecule has 0 amide bonds. The van der Waals surface area contributed by atoms with Crippen LogP contribution in [0.15, 0.2) is 6.07 Å². The summed E-state index contributed by atoms with van der Waals surface area (Å²) in [5.41, 5.74) is 7.17. The van der Waals surface area contributed by atoms with E-state index in [0.29, 0.717) is 17.9 Å². The van der Waals surface area contributed by atoms with Gasteiger partial charge in [-0.1, -0.05) is 0 Å². The smallest absolute Gasteiger partial charge is 0.134 e. The van der Waals surface area contributed by atoms with Gasteiger partial charge in [0.05, 0.1) is 6.61 Å². The van der Waals surface area contributed by atoms with Crippen molar-refractivity contribution in [3.05, 3.63) is 17.6 Å². The number of nitrogens with zero attached hydrogens (tertiary/aromatic N) is 4. The van der Waals surface area contributed by atoms with Crippen molar-refractivity contribution in [3.8, 4) is 0 Å². The van der Waals surface area contributed by atoms with Crippen LogP contribution in [0.4, 0.5) is 5.82 Å². The fourth-order valence-corrected chi connectivity index (χ4v) is 3.61. The summed E-state index contributed by atoms with van der Waals surface area (Å²) < 4.78 is 0. The minimum absolute atomic E-state index is 0.241. The SMILES string of the molecule is NC1CC(c2cc(N3CCN(CCO)CC3)nc(C3CC3)n2)C1. The van der Waals surface area contributed by atoms with Crippen molar-refractivity contribution >= 4 is 5.82 Å². The third-order valence-electron chi connectivity index (χ3n) is 5.40. The number of hydrogen-bond acceptors (Lipinski definition) is 6. The fourth-order valence-electron chi connectivity index (χ4n) is 3.61. The standard InChI is InChI=1S/C17H27N5O/c18-14-9-13(10-14)15-11-16(20-17(19-15)12-1-2-12)22-5-3-21(4-6-22)7-8-23/h11-14,23H,1-10,18H2. The van der Waals surface area contributed by atoms with Gasteiger partial charge in [-0.15, -0.1) is 0 Å². The van der Waals surface area contributed by atoms with Gasteiger partial charge in [0.1, 0.15) is 11.6 Å². The number of aromatic nitrogens is 2. The lowest BCUT2D eigenvalue weighted by molar-refractivity contribution is 0.188. The topological polar surface area (TPSA) is 78.5 Å². The van der Waals surface area contributed by atoms with Crippen LogP contribution in [0.25, 0.3) is 0 Å². The highest BCUT2D eigenvalue weighted by atomic mass is 16.3. The van der Waals surface area contributed by atoms with Gasteiger partial charge < -0.3 is 15.7 Å². The maximum atomic E-state index is 9.07. The second-order valence-corrected chi connectivity index (χ2v) is 7.26. The van der Waals surface area contributed by atoms with Crippen molar-refractivity contribution in [2.75, 3.05) is 44.2 Å². The summed E-state index contributed by atoms with van der Waals surface area (Å²) in [5.74, 6) is 3.26. The number of hydrogen-bond donors (Lipinski definition) is 2. The molecule has 0 aromatic carbocycles. The Balaban J connectivity index is 1.51. The Hall–Kier alpha value is -1.24. The molecule has 3 N–H and O–H groups in total. The summed E-state index contributed by atoms with van der Waals surface area (Å²) >= 11 is 0. The number of aliphatic hydroxyl groups excluding tert-OH is 1. The molecule has 1 aliphatic heterocycles. The van der Waals surface area contributed by atoms with E-state index in [0.717, 1.165) is 57.2 Å². The van der Waals surface area contributed by atoms with Crippen molar-refractivity contribution in [3.63, 3.8) is 0 Å². The molecule has 6 nitrogen and oxygen atoms in total. The van der Waals surface area contributed by atoms with E-state index in [1.807, 2.05) is 0 Å². The van der Waals surface area contributed by atoms with Crippen LogP contribution >= 0.6 is 0 Å². The van der Waals surface area contributed by atoms with Gasteiger partial charge in [0, 0.05) is 62.4 Å². The predicted octanol–water partition coefficient (Wildman–Crippen LogP) is 0.673. The highest BCUT2D eigenvalue weighted by Gasteiger charge is 2.33. The van der Waals surface area contributed by atoms with Gasteiger partial charge in [-0.25, -0.2) is 9.97 Å². The van der Waals surface area contributed by atoms with E-state index in [4.69, 9.17) is 20.8 Å².